The zero-order valence-electron chi connectivity index (χ0n) is 15.7. The second-order valence-electron chi connectivity index (χ2n) is 6.59. The van der Waals surface area contributed by atoms with Gasteiger partial charge in [-0.3, -0.25) is 9.59 Å². The first-order chi connectivity index (χ1) is 12.4. The van der Waals surface area contributed by atoms with Gasteiger partial charge in [-0.2, -0.15) is 0 Å². The Morgan fingerprint density at radius 2 is 1.81 bits per heavy atom. The van der Waals surface area contributed by atoms with Crippen molar-refractivity contribution in [3.8, 4) is 5.75 Å². The van der Waals surface area contributed by atoms with Gasteiger partial charge < -0.3 is 15.4 Å². The van der Waals surface area contributed by atoms with Crippen molar-refractivity contribution in [2.75, 3.05) is 7.11 Å². The number of carbonyl (C=O) groups excluding carboxylic acids is 2. The lowest BCUT2D eigenvalue weighted by atomic mass is 10.0. The van der Waals surface area contributed by atoms with Gasteiger partial charge >= 0.3 is 0 Å². The number of hydrogen-bond acceptors (Lipinski definition) is 3. The van der Waals surface area contributed by atoms with Crippen molar-refractivity contribution in [2.45, 2.75) is 33.4 Å². The van der Waals surface area contributed by atoms with E-state index >= 15 is 0 Å². The van der Waals surface area contributed by atoms with E-state index in [0.717, 1.165) is 16.9 Å². The maximum absolute atomic E-state index is 12.6. The van der Waals surface area contributed by atoms with Crippen LogP contribution in [0, 0.1) is 12.8 Å². The predicted octanol–water partition coefficient (Wildman–Crippen LogP) is 3.07. The average molecular weight is 354 g/mol. The molecule has 0 spiro atoms. The summed E-state index contributed by atoms with van der Waals surface area (Å²) in [5, 5.41) is 5.73. The highest BCUT2D eigenvalue weighted by molar-refractivity contribution is 5.97. The fourth-order valence-corrected chi connectivity index (χ4v) is 2.69. The average Bonchev–Trinajstić information content (AvgIpc) is 2.63. The summed E-state index contributed by atoms with van der Waals surface area (Å²) >= 11 is 0. The Kier molecular flexibility index (Phi) is 6.78. The summed E-state index contributed by atoms with van der Waals surface area (Å²) in [4.78, 5) is 25.1. The van der Waals surface area contributed by atoms with Gasteiger partial charge in [0.05, 0.1) is 7.11 Å². The standard InChI is InChI=1S/C21H26N2O3/c1-14(2)19(23-20(24)16-10-7-8-15(3)12-16)21(25)22-13-17-9-5-6-11-18(17)26-4/h5-12,14,19H,13H2,1-4H3,(H,22,25)(H,23,24). The Morgan fingerprint density at radius 1 is 1.08 bits per heavy atom. The molecule has 138 valence electrons. The number of aryl methyl sites for hydroxylation is 1. The largest absolute Gasteiger partial charge is 0.496 e. The van der Waals surface area contributed by atoms with Crippen LogP contribution in [0.25, 0.3) is 0 Å². The molecule has 5 heteroatoms. The monoisotopic (exact) mass is 354 g/mol. The lowest BCUT2D eigenvalue weighted by molar-refractivity contribution is -0.124. The first kappa shape index (κ1) is 19.5. The number of amides is 2. The fraction of sp³-hybridized carbons (Fsp3) is 0.333. The number of benzene rings is 2. The van der Waals surface area contributed by atoms with Gasteiger partial charge in [0, 0.05) is 17.7 Å². The molecule has 0 radical (unpaired) electrons. The van der Waals surface area contributed by atoms with Crippen LogP contribution in [0.5, 0.6) is 5.75 Å². The molecule has 0 aliphatic carbocycles. The van der Waals surface area contributed by atoms with Gasteiger partial charge in [-0.1, -0.05) is 49.7 Å². The second kappa shape index (κ2) is 9.04. The summed E-state index contributed by atoms with van der Waals surface area (Å²) in [6.07, 6.45) is 0. The topological polar surface area (TPSA) is 67.4 Å². The number of hydrogen-bond donors (Lipinski definition) is 2. The lowest BCUT2D eigenvalue weighted by Crippen LogP contribution is -2.49. The van der Waals surface area contributed by atoms with E-state index in [4.69, 9.17) is 4.74 Å². The molecular weight excluding hydrogens is 328 g/mol. The summed E-state index contributed by atoms with van der Waals surface area (Å²) in [7, 11) is 1.60. The Balaban J connectivity index is 2.04. The highest BCUT2D eigenvalue weighted by Gasteiger charge is 2.24. The van der Waals surface area contributed by atoms with Crippen LogP contribution in [0.1, 0.15) is 35.3 Å². The number of para-hydroxylation sites is 1. The maximum atomic E-state index is 12.6. The predicted molar refractivity (Wildman–Crippen MR) is 102 cm³/mol. The smallest absolute Gasteiger partial charge is 0.251 e. The molecule has 2 N–H and O–H groups in total. The molecule has 0 aliphatic heterocycles. The first-order valence-corrected chi connectivity index (χ1v) is 8.69. The van der Waals surface area contributed by atoms with Gasteiger partial charge in [-0.25, -0.2) is 0 Å². The normalized spacial score (nSPS) is 11.7. The van der Waals surface area contributed by atoms with Crippen LogP contribution in [0.4, 0.5) is 0 Å². The van der Waals surface area contributed by atoms with Gasteiger partial charge in [-0.15, -0.1) is 0 Å². The van der Waals surface area contributed by atoms with E-state index in [0.29, 0.717) is 12.1 Å². The van der Waals surface area contributed by atoms with Crippen LogP contribution in [0.2, 0.25) is 0 Å². The molecule has 0 aliphatic rings. The highest BCUT2D eigenvalue weighted by Crippen LogP contribution is 2.17. The van der Waals surface area contributed by atoms with E-state index in [9.17, 15) is 9.59 Å². The van der Waals surface area contributed by atoms with Crippen molar-refractivity contribution in [1.82, 2.24) is 10.6 Å². The minimum Gasteiger partial charge on any atom is -0.496 e. The maximum Gasteiger partial charge on any atom is 0.251 e. The summed E-state index contributed by atoms with van der Waals surface area (Å²) < 4.78 is 5.30. The van der Waals surface area contributed by atoms with Crippen LogP contribution < -0.4 is 15.4 Å². The summed E-state index contributed by atoms with van der Waals surface area (Å²) in [6, 6.07) is 14.2. The van der Waals surface area contributed by atoms with E-state index in [1.54, 1.807) is 19.2 Å². The quantitative estimate of drug-likeness (QED) is 0.803. The molecule has 0 fully saturated rings. The minimum atomic E-state index is -0.613. The Bertz CT molecular complexity index is 771. The molecule has 2 aromatic rings. The molecule has 1 unspecified atom stereocenters. The van der Waals surface area contributed by atoms with E-state index in [-0.39, 0.29) is 17.7 Å². The number of carbonyl (C=O) groups is 2. The van der Waals surface area contributed by atoms with Gasteiger partial charge in [0.2, 0.25) is 5.91 Å². The van der Waals surface area contributed by atoms with Crippen molar-refractivity contribution < 1.29 is 14.3 Å². The third kappa shape index (κ3) is 5.09. The van der Waals surface area contributed by atoms with E-state index in [1.807, 2.05) is 57.2 Å². The molecule has 0 aromatic heterocycles. The van der Waals surface area contributed by atoms with Crippen LogP contribution in [-0.4, -0.2) is 25.0 Å². The van der Waals surface area contributed by atoms with Crippen molar-refractivity contribution in [3.05, 3.63) is 65.2 Å². The van der Waals surface area contributed by atoms with Gasteiger partial charge in [-0.05, 0) is 31.0 Å². The number of methoxy groups -OCH3 is 1. The van der Waals surface area contributed by atoms with Gasteiger partial charge in [0.15, 0.2) is 0 Å². The van der Waals surface area contributed by atoms with Crippen LogP contribution in [0.3, 0.4) is 0 Å². The van der Waals surface area contributed by atoms with Crippen LogP contribution in [-0.2, 0) is 11.3 Å². The number of ether oxygens (including phenoxy) is 1. The summed E-state index contributed by atoms with van der Waals surface area (Å²) in [6.45, 7) is 6.08. The van der Waals surface area contributed by atoms with Crippen molar-refractivity contribution in [1.29, 1.82) is 0 Å². The number of rotatable bonds is 7. The molecule has 0 saturated heterocycles. The molecule has 0 saturated carbocycles. The Hall–Kier alpha value is -2.82. The molecule has 2 rings (SSSR count). The van der Waals surface area contributed by atoms with Crippen molar-refractivity contribution in [3.63, 3.8) is 0 Å². The Morgan fingerprint density at radius 3 is 2.46 bits per heavy atom. The van der Waals surface area contributed by atoms with Crippen molar-refractivity contribution >= 4 is 11.8 Å². The molecule has 26 heavy (non-hydrogen) atoms. The van der Waals surface area contributed by atoms with E-state index in [1.165, 1.54) is 0 Å². The molecule has 1 atom stereocenters. The minimum absolute atomic E-state index is 0.0403. The van der Waals surface area contributed by atoms with Crippen LogP contribution in [0.15, 0.2) is 48.5 Å². The SMILES string of the molecule is COc1ccccc1CNC(=O)C(NC(=O)c1cccc(C)c1)C(C)C. The molecular formula is C21H26N2O3. The highest BCUT2D eigenvalue weighted by atomic mass is 16.5. The number of nitrogens with one attached hydrogen (secondary N) is 2. The zero-order valence-corrected chi connectivity index (χ0v) is 15.7. The third-order valence-corrected chi connectivity index (χ3v) is 4.16. The molecule has 2 amide bonds. The van der Waals surface area contributed by atoms with E-state index < -0.39 is 6.04 Å². The molecule has 5 nitrogen and oxygen atoms in total. The first-order valence-electron chi connectivity index (χ1n) is 8.69. The van der Waals surface area contributed by atoms with Crippen molar-refractivity contribution in [2.24, 2.45) is 5.92 Å². The van der Waals surface area contributed by atoms with E-state index in [2.05, 4.69) is 10.6 Å². The summed E-state index contributed by atoms with van der Waals surface area (Å²) in [5.74, 6) is 0.214. The van der Waals surface area contributed by atoms with Gasteiger partial charge in [0.25, 0.3) is 5.91 Å². The summed E-state index contributed by atoms with van der Waals surface area (Å²) in [5.41, 5.74) is 2.43. The Labute approximate surface area is 154 Å². The molecule has 2 aromatic carbocycles. The molecule has 0 heterocycles. The second-order valence-corrected chi connectivity index (χ2v) is 6.59. The lowest BCUT2D eigenvalue weighted by Gasteiger charge is -2.22. The molecule has 0 bridgehead atoms. The third-order valence-electron chi connectivity index (χ3n) is 4.16. The fourth-order valence-electron chi connectivity index (χ4n) is 2.69. The van der Waals surface area contributed by atoms with Crippen LogP contribution >= 0.6 is 0 Å². The zero-order chi connectivity index (χ0) is 19.1. The van der Waals surface area contributed by atoms with Gasteiger partial charge in [0.1, 0.15) is 11.8 Å².